The Hall–Kier alpha value is -1.26. The molecular formula is C15H22ClNO3. The van der Waals surface area contributed by atoms with Crippen molar-refractivity contribution in [2.75, 3.05) is 27.3 Å². The highest BCUT2D eigenvalue weighted by atomic mass is 35.5. The first kappa shape index (κ1) is 16.8. The van der Waals surface area contributed by atoms with E-state index >= 15 is 0 Å². The van der Waals surface area contributed by atoms with E-state index < -0.39 is 0 Å². The van der Waals surface area contributed by atoms with Crippen molar-refractivity contribution in [3.05, 3.63) is 29.8 Å². The van der Waals surface area contributed by atoms with E-state index in [1.807, 2.05) is 24.3 Å². The van der Waals surface area contributed by atoms with Crippen LogP contribution in [0.2, 0.25) is 0 Å². The van der Waals surface area contributed by atoms with E-state index in [1.165, 1.54) is 13.5 Å². The van der Waals surface area contributed by atoms with Crippen molar-refractivity contribution < 1.29 is 14.3 Å². The van der Waals surface area contributed by atoms with Gasteiger partial charge in [0.15, 0.2) is 0 Å². The molecule has 2 rings (SSSR count). The van der Waals surface area contributed by atoms with E-state index in [9.17, 15) is 4.79 Å². The number of rotatable bonds is 4. The van der Waals surface area contributed by atoms with Crippen LogP contribution in [-0.4, -0.2) is 38.2 Å². The van der Waals surface area contributed by atoms with Crippen molar-refractivity contribution >= 4 is 18.4 Å². The molecule has 20 heavy (non-hydrogen) atoms. The fourth-order valence-electron chi connectivity index (χ4n) is 2.57. The molecule has 1 aromatic rings. The number of likely N-dealkylation sites (tertiary alicyclic amines) is 1. The van der Waals surface area contributed by atoms with Gasteiger partial charge in [-0.2, -0.15) is 0 Å². The number of nitrogens with zero attached hydrogens (tertiary/aromatic N) is 1. The van der Waals surface area contributed by atoms with Crippen molar-refractivity contribution in [3.63, 3.8) is 0 Å². The Labute approximate surface area is 126 Å². The van der Waals surface area contributed by atoms with Crippen LogP contribution in [0.3, 0.4) is 0 Å². The summed E-state index contributed by atoms with van der Waals surface area (Å²) >= 11 is 0. The van der Waals surface area contributed by atoms with Gasteiger partial charge in [0.2, 0.25) is 0 Å². The van der Waals surface area contributed by atoms with Crippen molar-refractivity contribution in [3.8, 4) is 5.75 Å². The van der Waals surface area contributed by atoms with Gasteiger partial charge < -0.3 is 9.47 Å². The molecule has 0 bridgehead atoms. The molecule has 0 aliphatic carbocycles. The Morgan fingerprint density at radius 2 is 1.70 bits per heavy atom. The topological polar surface area (TPSA) is 38.8 Å². The summed E-state index contributed by atoms with van der Waals surface area (Å²) in [5.74, 6) is 0.609. The summed E-state index contributed by atoms with van der Waals surface area (Å²) in [5.41, 5.74) is 0.967. The number of methoxy groups -OCH3 is 2. The predicted molar refractivity (Wildman–Crippen MR) is 80.4 cm³/mol. The Kier molecular flexibility index (Phi) is 6.82. The van der Waals surface area contributed by atoms with Crippen LogP contribution in [0.25, 0.3) is 0 Å². The smallest absolute Gasteiger partial charge is 0.327 e. The molecule has 1 unspecified atom stereocenters. The average Bonchev–Trinajstić information content (AvgIpc) is 2.49. The maximum atomic E-state index is 12.1. The lowest BCUT2D eigenvalue weighted by molar-refractivity contribution is -0.147. The highest BCUT2D eigenvalue weighted by molar-refractivity contribution is 5.85. The van der Waals surface area contributed by atoms with E-state index in [0.717, 1.165) is 37.2 Å². The third kappa shape index (κ3) is 3.87. The summed E-state index contributed by atoms with van der Waals surface area (Å²) in [6.45, 7) is 1.90. The summed E-state index contributed by atoms with van der Waals surface area (Å²) < 4.78 is 10.1. The molecular weight excluding hydrogens is 278 g/mol. The number of hydrogen-bond donors (Lipinski definition) is 0. The van der Waals surface area contributed by atoms with Gasteiger partial charge in [-0.15, -0.1) is 12.4 Å². The molecule has 0 radical (unpaired) electrons. The van der Waals surface area contributed by atoms with Crippen molar-refractivity contribution in [2.45, 2.75) is 25.3 Å². The molecule has 1 saturated heterocycles. The second-order valence-electron chi connectivity index (χ2n) is 4.80. The zero-order valence-corrected chi connectivity index (χ0v) is 12.8. The van der Waals surface area contributed by atoms with Gasteiger partial charge in [0.1, 0.15) is 11.8 Å². The van der Waals surface area contributed by atoms with Gasteiger partial charge in [-0.3, -0.25) is 4.90 Å². The van der Waals surface area contributed by atoms with Gasteiger partial charge in [0.05, 0.1) is 14.2 Å². The number of carbonyl (C=O) groups excluding carboxylic acids is 1. The lowest BCUT2D eigenvalue weighted by atomic mass is 10.0. The zero-order valence-electron chi connectivity index (χ0n) is 12.0. The highest BCUT2D eigenvalue weighted by Crippen LogP contribution is 2.27. The second kappa shape index (κ2) is 8.12. The van der Waals surface area contributed by atoms with Crippen molar-refractivity contribution in [1.82, 2.24) is 4.90 Å². The van der Waals surface area contributed by atoms with Gasteiger partial charge in [-0.1, -0.05) is 18.6 Å². The van der Waals surface area contributed by atoms with Crippen LogP contribution < -0.4 is 4.74 Å². The van der Waals surface area contributed by atoms with Crippen LogP contribution in [-0.2, 0) is 9.53 Å². The Bertz CT molecular complexity index is 416. The fourth-order valence-corrected chi connectivity index (χ4v) is 2.57. The Morgan fingerprint density at radius 1 is 1.10 bits per heavy atom. The van der Waals surface area contributed by atoms with Gasteiger partial charge in [0, 0.05) is 0 Å². The largest absolute Gasteiger partial charge is 0.497 e. The minimum absolute atomic E-state index is 0. The number of piperidine rings is 1. The Morgan fingerprint density at radius 3 is 2.20 bits per heavy atom. The molecule has 4 nitrogen and oxygen atoms in total. The molecule has 5 heteroatoms. The third-order valence-corrected chi connectivity index (χ3v) is 3.61. The molecule has 112 valence electrons. The van der Waals surface area contributed by atoms with Crippen molar-refractivity contribution in [1.29, 1.82) is 0 Å². The SMILES string of the molecule is COC(=O)C(c1ccc(OC)cc1)N1CCCCC1.Cl. The quantitative estimate of drug-likeness (QED) is 0.802. The van der Waals surface area contributed by atoms with E-state index in [2.05, 4.69) is 4.90 Å². The number of halogens is 1. The molecule has 0 aromatic heterocycles. The third-order valence-electron chi connectivity index (χ3n) is 3.61. The van der Waals surface area contributed by atoms with Gasteiger partial charge in [-0.25, -0.2) is 4.79 Å². The molecule has 0 N–H and O–H groups in total. The second-order valence-corrected chi connectivity index (χ2v) is 4.80. The summed E-state index contributed by atoms with van der Waals surface area (Å²) in [6.07, 6.45) is 3.53. The van der Waals surface area contributed by atoms with E-state index in [0.29, 0.717) is 0 Å². The maximum Gasteiger partial charge on any atom is 0.327 e. The molecule has 0 spiro atoms. The fraction of sp³-hybridized carbons (Fsp3) is 0.533. The van der Waals surface area contributed by atoms with Gasteiger partial charge >= 0.3 is 5.97 Å². The highest BCUT2D eigenvalue weighted by Gasteiger charge is 2.29. The minimum atomic E-state index is -0.295. The summed E-state index contributed by atoms with van der Waals surface area (Å²) in [7, 11) is 3.08. The number of ether oxygens (including phenoxy) is 2. The minimum Gasteiger partial charge on any atom is -0.497 e. The van der Waals surface area contributed by atoms with E-state index in [-0.39, 0.29) is 24.4 Å². The van der Waals surface area contributed by atoms with Crippen LogP contribution in [0, 0.1) is 0 Å². The number of hydrogen-bond acceptors (Lipinski definition) is 4. The number of carbonyl (C=O) groups is 1. The summed E-state index contributed by atoms with van der Waals surface area (Å²) in [4.78, 5) is 14.3. The van der Waals surface area contributed by atoms with Crippen molar-refractivity contribution in [2.24, 2.45) is 0 Å². The number of esters is 1. The predicted octanol–water partition coefficient (Wildman–Crippen LogP) is 2.82. The van der Waals surface area contributed by atoms with E-state index in [4.69, 9.17) is 9.47 Å². The lowest BCUT2D eigenvalue weighted by Gasteiger charge is -2.33. The standard InChI is InChI=1S/C15H21NO3.ClH/c1-18-13-8-6-12(7-9-13)14(15(17)19-2)16-10-4-3-5-11-16;/h6-9,14H,3-5,10-11H2,1-2H3;1H. The van der Waals surface area contributed by atoms with Crippen LogP contribution >= 0.6 is 12.4 Å². The molecule has 1 aromatic carbocycles. The molecule has 1 fully saturated rings. The molecule has 0 amide bonds. The molecule has 0 saturated carbocycles. The first-order valence-electron chi connectivity index (χ1n) is 6.72. The first-order chi connectivity index (χ1) is 9.26. The number of benzene rings is 1. The first-order valence-corrected chi connectivity index (χ1v) is 6.72. The maximum absolute atomic E-state index is 12.1. The normalized spacial score (nSPS) is 16.9. The lowest BCUT2D eigenvalue weighted by Crippen LogP contribution is -2.38. The van der Waals surface area contributed by atoms with Gasteiger partial charge in [0.25, 0.3) is 0 Å². The van der Waals surface area contributed by atoms with Crippen LogP contribution in [0.15, 0.2) is 24.3 Å². The van der Waals surface area contributed by atoms with Crippen LogP contribution in [0.4, 0.5) is 0 Å². The molecule has 1 heterocycles. The zero-order chi connectivity index (χ0) is 13.7. The summed E-state index contributed by atoms with van der Waals surface area (Å²) in [5, 5.41) is 0. The molecule has 1 atom stereocenters. The van der Waals surface area contributed by atoms with Crippen LogP contribution in [0.1, 0.15) is 30.9 Å². The van der Waals surface area contributed by atoms with E-state index in [1.54, 1.807) is 7.11 Å². The average molecular weight is 300 g/mol. The summed E-state index contributed by atoms with van der Waals surface area (Å²) in [6, 6.07) is 7.35. The monoisotopic (exact) mass is 299 g/mol. The van der Waals surface area contributed by atoms with Crippen LogP contribution in [0.5, 0.6) is 5.75 Å². The molecule has 1 aliphatic heterocycles. The van der Waals surface area contributed by atoms with Gasteiger partial charge in [-0.05, 0) is 43.6 Å². The molecule has 1 aliphatic rings. The Balaban J connectivity index is 0.00000200.